The van der Waals surface area contributed by atoms with Crippen molar-refractivity contribution in [2.75, 3.05) is 33.9 Å². The molecule has 1 heterocycles. The maximum Gasteiger partial charge on any atom is 0.350 e. The SMILES string of the molecule is CCOC(=O)c1sc(C(C)NC(=NC)NCC2(CCOC)CCCC2)nc1C. The molecule has 158 valence electrons. The summed E-state index contributed by atoms with van der Waals surface area (Å²) in [7, 11) is 3.54. The zero-order valence-corrected chi connectivity index (χ0v) is 18.6. The molecule has 28 heavy (non-hydrogen) atoms. The highest BCUT2D eigenvalue weighted by Gasteiger charge is 2.33. The molecule has 1 aromatic rings. The lowest BCUT2D eigenvalue weighted by molar-refractivity contribution is 0.0531. The van der Waals surface area contributed by atoms with Crippen LogP contribution < -0.4 is 10.6 Å². The normalized spacial score (nSPS) is 17.4. The molecule has 0 radical (unpaired) electrons. The average Bonchev–Trinajstić information content (AvgIpc) is 3.31. The quantitative estimate of drug-likeness (QED) is 0.368. The number of rotatable bonds is 9. The molecule has 2 rings (SSSR count). The van der Waals surface area contributed by atoms with Gasteiger partial charge >= 0.3 is 5.97 Å². The molecule has 0 aromatic carbocycles. The van der Waals surface area contributed by atoms with E-state index in [2.05, 4.69) is 20.6 Å². The standard InChI is InChI=1S/C20H34N4O3S/c1-6-27-18(25)16-14(2)23-17(28-16)15(3)24-19(21-4)22-13-20(11-12-26-5)9-7-8-10-20/h15H,6-13H2,1-5H3,(H2,21,22,24). The number of aryl methyl sites for hydroxylation is 1. The van der Waals surface area contributed by atoms with Gasteiger partial charge in [-0.05, 0) is 45.4 Å². The number of hydrogen-bond donors (Lipinski definition) is 2. The van der Waals surface area contributed by atoms with Gasteiger partial charge in [0, 0.05) is 27.3 Å². The molecular formula is C20H34N4O3S. The molecule has 2 N–H and O–H groups in total. The van der Waals surface area contributed by atoms with Crippen molar-refractivity contribution in [3.05, 3.63) is 15.6 Å². The summed E-state index contributed by atoms with van der Waals surface area (Å²) >= 11 is 1.37. The Hall–Kier alpha value is -1.67. The number of thiazole rings is 1. The number of aromatic nitrogens is 1. The Kier molecular flexibility index (Phi) is 8.69. The third-order valence-electron chi connectivity index (χ3n) is 5.35. The summed E-state index contributed by atoms with van der Waals surface area (Å²) in [6.07, 6.45) is 6.08. The topological polar surface area (TPSA) is 84.8 Å². The number of carbonyl (C=O) groups is 1. The van der Waals surface area contributed by atoms with Crippen LogP contribution in [-0.2, 0) is 9.47 Å². The summed E-state index contributed by atoms with van der Waals surface area (Å²) in [4.78, 5) is 21.5. The molecule has 1 aliphatic carbocycles. The van der Waals surface area contributed by atoms with E-state index >= 15 is 0 Å². The molecule has 0 amide bonds. The highest BCUT2D eigenvalue weighted by atomic mass is 32.1. The Labute approximate surface area is 172 Å². The Morgan fingerprint density at radius 3 is 2.71 bits per heavy atom. The first-order valence-corrected chi connectivity index (χ1v) is 10.9. The predicted molar refractivity (Wildman–Crippen MR) is 113 cm³/mol. The van der Waals surface area contributed by atoms with E-state index < -0.39 is 0 Å². The van der Waals surface area contributed by atoms with Gasteiger partial charge in [0.2, 0.25) is 0 Å². The number of nitrogens with zero attached hydrogens (tertiary/aromatic N) is 2. The predicted octanol–water partition coefficient (Wildman–Crippen LogP) is 3.45. The zero-order chi connectivity index (χ0) is 20.6. The molecule has 0 spiro atoms. The van der Waals surface area contributed by atoms with Crippen LogP contribution in [0.1, 0.15) is 72.4 Å². The van der Waals surface area contributed by atoms with Crippen molar-refractivity contribution in [2.45, 2.75) is 58.9 Å². The van der Waals surface area contributed by atoms with E-state index in [1.165, 1.54) is 37.0 Å². The smallest absolute Gasteiger partial charge is 0.350 e. The number of guanidine groups is 1. The van der Waals surface area contributed by atoms with Crippen molar-refractivity contribution in [1.82, 2.24) is 15.6 Å². The molecule has 1 atom stereocenters. The summed E-state index contributed by atoms with van der Waals surface area (Å²) in [5, 5.41) is 7.74. The number of carbonyl (C=O) groups excluding carboxylic acids is 1. The minimum absolute atomic E-state index is 0.0587. The molecule has 0 saturated heterocycles. The third kappa shape index (κ3) is 5.91. The van der Waals surface area contributed by atoms with E-state index in [9.17, 15) is 4.79 Å². The molecule has 1 unspecified atom stereocenters. The van der Waals surface area contributed by atoms with Gasteiger partial charge in [0.25, 0.3) is 0 Å². The van der Waals surface area contributed by atoms with Crippen LogP contribution in [0.5, 0.6) is 0 Å². The Morgan fingerprint density at radius 2 is 2.11 bits per heavy atom. The number of methoxy groups -OCH3 is 1. The second-order valence-corrected chi connectivity index (χ2v) is 8.46. The fraction of sp³-hybridized carbons (Fsp3) is 0.750. The summed E-state index contributed by atoms with van der Waals surface area (Å²) in [5.41, 5.74) is 0.991. The van der Waals surface area contributed by atoms with Crippen LogP contribution in [0.4, 0.5) is 0 Å². The van der Waals surface area contributed by atoms with Gasteiger partial charge < -0.3 is 20.1 Å². The number of aliphatic imine (C=N–C) groups is 1. The molecule has 1 saturated carbocycles. The summed E-state index contributed by atoms with van der Waals surface area (Å²) in [5.74, 6) is 0.446. The number of esters is 1. The van der Waals surface area contributed by atoms with Crippen LogP contribution in [0.25, 0.3) is 0 Å². The van der Waals surface area contributed by atoms with Crippen LogP contribution in [0.2, 0.25) is 0 Å². The lowest BCUT2D eigenvalue weighted by Crippen LogP contribution is -2.44. The van der Waals surface area contributed by atoms with Gasteiger partial charge in [-0.15, -0.1) is 11.3 Å². The van der Waals surface area contributed by atoms with E-state index in [0.29, 0.717) is 17.2 Å². The lowest BCUT2D eigenvalue weighted by Gasteiger charge is -2.30. The first-order chi connectivity index (χ1) is 13.4. The highest BCUT2D eigenvalue weighted by Crippen LogP contribution is 2.40. The molecule has 1 aliphatic rings. The van der Waals surface area contributed by atoms with Gasteiger partial charge in [-0.2, -0.15) is 0 Å². The van der Waals surface area contributed by atoms with Gasteiger partial charge in [-0.1, -0.05) is 12.8 Å². The van der Waals surface area contributed by atoms with Crippen LogP contribution in [-0.4, -0.2) is 50.8 Å². The first-order valence-electron chi connectivity index (χ1n) is 10.0. The molecule has 7 nitrogen and oxygen atoms in total. The van der Waals surface area contributed by atoms with Crippen molar-refractivity contribution in [2.24, 2.45) is 10.4 Å². The van der Waals surface area contributed by atoms with E-state index in [-0.39, 0.29) is 17.4 Å². The van der Waals surface area contributed by atoms with Crippen molar-refractivity contribution < 1.29 is 14.3 Å². The van der Waals surface area contributed by atoms with Crippen molar-refractivity contribution >= 4 is 23.3 Å². The Balaban J connectivity index is 1.97. The number of hydrogen-bond acceptors (Lipinski definition) is 6. The van der Waals surface area contributed by atoms with Gasteiger partial charge in [-0.25, -0.2) is 9.78 Å². The van der Waals surface area contributed by atoms with E-state index in [1.807, 2.05) is 13.8 Å². The third-order valence-corrected chi connectivity index (χ3v) is 6.67. The maximum absolute atomic E-state index is 12.0. The minimum atomic E-state index is -0.306. The average molecular weight is 411 g/mol. The minimum Gasteiger partial charge on any atom is -0.462 e. The maximum atomic E-state index is 12.0. The largest absolute Gasteiger partial charge is 0.462 e. The van der Waals surface area contributed by atoms with Crippen LogP contribution in [0.15, 0.2) is 4.99 Å². The molecule has 8 heteroatoms. The van der Waals surface area contributed by atoms with Crippen LogP contribution in [0, 0.1) is 12.3 Å². The fourth-order valence-corrected chi connectivity index (χ4v) is 4.64. The Bertz CT molecular complexity index is 668. The summed E-state index contributed by atoms with van der Waals surface area (Å²) in [6, 6.07) is -0.0587. The second-order valence-electron chi connectivity index (χ2n) is 7.43. The highest BCUT2D eigenvalue weighted by molar-refractivity contribution is 7.13. The summed E-state index contributed by atoms with van der Waals surface area (Å²) < 4.78 is 10.4. The Morgan fingerprint density at radius 1 is 1.39 bits per heavy atom. The van der Waals surface area contributed by atoms with Crippen molar-refractivity contribution in [3.63, 3.8) is 0 Å². The zero-order valence-electron chi connectivity index (χ0n) is 17.8. The van der Waals surface area contributed by atoms with E-state index in [1.54, 1.807) is 21.1 Å². The number of ether oxygens (including phenoxy) is 2. The van der Waals surface area contributed by atoms with Crippen molar-refractivity contribution in [1.29, 1.82) is 0 Å². The van der Waals surface area contributed by atoms with Gasteiger partial charge in [0.1, 0.15) is 9.88 Å². The summed E-state index contributed by atoms with van der Waals surface area (Å²) in [6.45, 7) is 7.70. The van der Waals surface area contributed by atoms with Gasteiger partial charge in [0.05, 0.1) is 18.3 Å². The molecular weight excluding hydrogens is 376 g/mol. The van der Waals surface area contributed by atoms with Gasteiger partial charge in [-0.3, -0.25) is 4.99 Å². The molecule has 0 aliphatic heterocycles. The van der Waals surface area contributed by atoms with Gasteiger partial charge in [0.15, 0.2) is 5.96 Å². The monoisotopic (exact) mass is 410 g/mol. The van der Waals surface area contributed by atoms with Crippen LogP contribution >= 0.6 is 11.3 Å². The molecule has 0 bridgehead atoms. The van der Waals surface area contributed by atoms with Crippen LogP contribution in [0.3, 0.4) is 0 Å². The lowest BCUT2D eigenvalue weighted by atomic mass is 9.83. The second kappa shape index (κ2) is 10.8. The fourth-order valence-electron chi connectivity index (χ4n) is 3.68. The molecule has 1 fully saturated rings. The van der Waals surface area contributed by atoms with E-state index in [0.717, 1.165) is 30.5 Å². The number of nitrogens with one attached hydrogen (secondary N) is 2. The van der Waals surface area contributed by atoms with E-state index in [4.69, 9.17) is 9.47 Å². The first kappa shape index (κ1) is 22.6. The molecule has 1 aromatic heterocycles. The van der Waals surface area contributed by atoms with Crippen molar-refractivity contribution in [3.8, 4) is 0 Å².